The maximum absolute atomic E-state index is 11.9. The van der Waals surface area contributed by atoms with E-state index in [4.69, 9.17) is 0 Å². The van der Waals surface area contributed by atoms with Crippen LogP contribution in [0.4, 0.5) is 0 Å². The summed E-state index contributed by atoms with van der Waals surface area (Å²) in [6, 6.07) is 2.02. The van der Waals surface area contributed by atoms with Crippen LogP contribution in [0, 0.1) is 10.5 Å². The number of aromatic amines is 1. The second-order valence-corrected chi connectivity index (χ2v) is 7.59. The third kappa shape index (κ3) is 2.30. The predicted molar refractivity (Wildman–Crippen MR) is 85.3 cm³/mol. The Kier molecular flexibility index (Phi) is 3.36. The van der Waals surface area contributed by atoms with Crippen molar-refractivity contribution in [2.24, 2.45) is 0 Å². The van der Waals surface area contributed by atoms with Crippen molar-refractivity contribution >= 4 is 49.9 Å². The Morgan fingerprint density at radius 3 is 2.83 bits per heavy atom. The zero-order valence-electron chi connectivity index (χ0n) is 9.59. The number of aromatic nitrogens is 2. The zero-order chi connectivity index (χ0) is 12.9. The fourth-order valence-electron chi connectivity index (χ4n) is 1.80. The van der Waals surface area contributed by atoms with Crippen molar-refractivity contribution in [2.45, 2.75) is 25.7 Å². The number of nitrogens with one attached hydrogen (secondary N) is 1. The number of nitrogens with zero attached hydrogens (tertiary/aromatic N) is 1. The van der Waals surface area contributed by atoms with Gasteiger partial charge in [0.1, 0.15) is 3.57 Å². The van der Waals surface area contributed by atoms with E-state index in [2.05, 4.69) is 48.5 Å². The molecule has 2 aromatic rings. The quantitative estimate of drug-likeness (QED) is 0.721. The van der Waals surface area contributed by atoms with Gasteiger partial charge < -0.3 is 4.98 Å². The van der Waals surface area contributed by atoms with Crippen LogP contribution in [0.15, 0.2) is 15.3 Å². The van der Waals surface area contributed by atoms with E-state index in [0.29, 0.717) is 11.7 Å². The highest BCUT2D eigenvalue weighted by atomic mass is 127. The summed E-state index contributed by atoms with van der Waals surface area (Å²) in [4.78, 5) is 21.7. The van der Waals surface area contributed by atoms with Gasteiger partial charge in [-0.3, -0.25) is 4.79 Å². The van der Waals surface area contributed by atoms with Crippen LogP contribution in [-0.4, -0.2) is 9.97 Å². The lowest BCUT2D eigenvalue weighted by Crippen LogP contribution is -2.15. The van der Waals surface area contributed by atoms with Crippen LogP contribution in [0.2, 0.25) is 0 Å². The first-order chi connectivity index (χ1) is 8.56. The van der Waals surface area contributed by atoms with E-state index >= 15 is 0 Å². The Morgan fingerprint density at radius 1 is 1.56 bits per heavy atom. The molecule has 0 radical (unpaired) electrons. The van der Waals surface area contributed by atoms with Crippen molar-refractivity contribution in [2.75, 3.05) is 0 Å². The summed E-state index contributed by atoms with van der Waals surface area (Å²) in [6.45, 7) is 2.05. The first-order valence-electron chi connectivity index (χ1n) is 5.62. The average Bonchev–Trinajstić information content (AvgIpc) is 3.10. The van der Waals surface area contributed by atoms with Crippen LogP contribution in [0.5, 0.6) is 0 Å². The molecule has 6 heteroatoms. The molecule has 18 heavy (non-hydrogen) atoms. The van der Waals surface area contributed by atoms with Crippen molar-refractivity contribution in [3.05, 3.63) is 35.0 Å². The molecule has 0 unspecified atom stereocenters. The minimum absolute atomic E-state index is 0.0234. The molecule has 0 spiro atoms. The third-order valence-electron chi connectivity index (χ3n) is 2.94. The van der Waals surface area contributed by atoms with Crippen LogP contribution in [0.1, 0.15) is 29.3 Å². The minimum atomic E-state index is -0.0234. The molecular weight excluding hydrogens is 427 g/mol. The lowest BCUT2D eigenvalue weighted by molar-refractivity contribution is 0.960. The molecule has 2 aromatic heterocycles. The fourth-order valence-corrected chi connectivity index (χ4v) is 3.97. The molecule has 1 N–H and O–H groups in total. The van der Waals surface area contributed by atoms with Crippen molar-refractivity contribution in [3.63, 3.8) is 0 Å². The van der Waals surface area contributed by atoms with E-state index in [1.807, 2.05) is 13.0 Å². The Balaban J connectivity index is 2.15. The molecule has 2 heterocycles. The summed E-state index contributed by atoms with van der Waals surface area (Å²) < 4.78 is 1.81. The molecule has 1 fully saturated rings. The second kappa shape index (κ2) is 4.72. The van der Waals surface area contributed by atoms with Gasteiger partial charge in [0.2, 0.25) is 0 Å². The van der Waals surface area contributed by atoms with Crippen LogP contribution in [0.25, 0.3) is 10.7 Å². The Morgan fingerprint density at radius 2 is 2.28 bits per heavy atom. The molecule has 0 bridgehead atoms. The molecule has 0 saturated heterocycles. The molecule has 0 amide bonds. The lowest BCUT2D eigenvalue weighted by Gasteiger charge is -2.03. The predicted octanol–water partition coefficient (Wildman–Crippen LogP) is 4.05. The summed E-state index contributed by atoms with van der Waals surface area (Å²) >= 11 is 7.23. The molecule has 3 rings (SSSR count). The topological polar surface area (TPSA) is 45.8 Å². The van der Waals surface area contributed by atoms with Gasteiger partial charge in [0.15, 0.2) is 5.82 Å². The highest BCUT2D eigenvalue weighted by Crippen LogP contribution is 2.41. The van der Waals surface area contributed by atoms with E-state index in [0.717, 1.165) is 31.5 Å². The molecule has 0 aliphatic heterocycles. The summed E-state index contributed by atoms with van der Waals surface area (Å²) in [5, 5.41) is 0. The van der Waals surface area contributed by atoms with Gasteiger partial charge >= 0.3 is 0 Å². The van der Waals surface area contributed by atoms with E-state index < -0.39 is 0 Å². The normalized spacial score (nSPS) is 15.1. The van der Waals surface area contributed by atoms with Gasteiger partial charge in [0.05, 0.1) is 10.6 Å². The maximum Gasteiger partial charge on any atom is 0.264 e. The van der Waals surface area contributed by atoms with Gasteiger partial charge in [0, 0.05) is 15.3 Å². The SMILES string of the molecule is Cc1sc(-c2nc(C3CC3)c(I)c(=O)[nH]2)cc1Br. The smallest absolute Gasteiger partial charge is 0.264 e. The molecule has 0 aromatic carbocycles. The van der Waals surface area contributed by atoms with Crippen LogP contribution < -0.4 is 5.56 Å². The summed E-state index contributed by atoms with van der Waals surface area (Å²) in [5.41, 5.74) is 0.946. The van der Waals surface area contributed by atoms with Crippen molar-refractivity contribution in [1.82, 2.24) is 9.97 Å². The number of rotatable bonds is 2. The monoisotopic (exact) mass is 436 g/mol. The van der Waals surface area contributed by atoms with Gasteiger partial charge in [-0.25, -0.2) is 4.98 Å². The van der Waals surface area contributed by atoms with Gasteiger partial charge in [-0.1, -0.05) is 0 Å². The molecule has 3 nitrogen and oxygen atoms in total. The van der Waals surface area contributed by atoms with Gasteiger partial charge in [-0.15, -0.1) is 11.3 Å². The third-order valence-corrected chi connectivity index (χ3v) is 6.13. The number of halogens is 2. The van der Waals surface area contributed by atoms with Crippen LogP contribution >= 0.6 is 49.9 Å². The Hall–Kier alpha value is -0.210. The first kappa shape index (κ1) is 12.8. The molecule has 1 aliphatic carbocycles. The van der Waals surface area contributed by atoms with Crippen LogP contribution in [-0.2, 0) is 0 Å². The molecule has 1 saturated carbocycles. The lowest BCUT2D eigenvalue weighted by atomic mass is 10.3. The number of aryl methyl sites for hydroxylation is 1. The van der Waals surface area contributed by atoms with Gasteiger partial charge in [-0.05, 0) is 64.4 Å². The highest BCUT2D eigenvalue weighted by molar-refractivity contribution is 14.1. The Bertz CT molecular complexity index is 656. The zero-order valence-corrected chi connectivity index (χ0v) is 14.1. The maximum atomic E-state index is 11.9. The standard InChI is InChI=1S/C12H10BrIN2OS/c1-5-7(13)4-8(18-5)11-15-10(6-2-3-6)9(14)12(17)16-11/h4,6H,2-3H2,1H3,(H,15,16,17). The van der Waals surface area contributed by atoms with Crippen molar-refractivity contribution < 1.29 is 0 Å². The van der Waals surface area contributed by atoms with Crippen molar-refractivity contribution in [1.29, 1.82) is 0 Å². The molecular formula is C12H10BrIN2OS. The summed E-state index contributed by atoms with van der Waals surface area (Å²) in [7, 11) is 0. The summed E-state index contributed by atoms with van der Waals surface area (Å²) in [6.07, 6.45) is 2.30. The van der Waals surface area contributed by atoms with Crippen LogP contribution in [0.3, 0.4) is 0 Å². The number of thiophene rings is 1. The molecule has 94 valence electrons. The van der Waals surface area contributed by atoms with Gasteiger partial charge in [-0.2, -0.15) is 0 Å². The minimum Gasteiger partial charge on any atom is -0.305 e. The van der Waals surface area contributed by atoms with Gasteiger partial charge in [0.25, 0.3) is 5.56 Å². The second-order valence-electron chi connectivity index (χ2n) is 4.40. The highest BCUT2D eigenvalue weighted by Gasteiger charge is 2.29. The first-order valence-corrected chi connectivity index (χ1v) is 8.31. The number of H-pyrrole nitrogens is 1. The molecule has 1 aliphatic rings. The largest absolute Gasteiger partial charge is 0.305 e. The van der Waals surface area contributed by atoms with E-state index in [1.165, 1.54) is 4.88 Å². The number of hydrogen-bond donors (Lipinski definition) is 1. The van der Waals surface area contributed by atoms with Crippen molar-refractivity contribution in [3.8, 4) is 10.7 Å². The summed E-state index contributed by atoms with van der Waals surface area (Å²) in [5.74, 6) is 1.18. The fraction of sp³-hybridized carbons (Fsp3) is 0.333. The van der Waals surface area contributed by atoms with E-state index in [1.54, 1.807) is 11.3 Å². The average molecular weight is 437 g/mol. The van der Waals surface area contributed by atoms with E-state index in [-0.39, 0.29) is 5.56 Å². The number of hydrogen-bond acceptors (Lipinski definition) is 3. The Labute approximate surface area is 130 Å². The molecule has 0 atom stereocenters. The van der Waals surface area contributed by atoms with E-state index in [9.17, 15) is 4.79 Å².